The average molecular weight is 218 g/mol. The van der Waals surface area contributed by atoms with E-state index in [0.717, 1.165) is 0 Å². The van der Waals surface area contributed by atoms with Crippen molar-refractivity contribution in [2.45, 2.75) is 0 Å². The van der Waals surface area contributed by atoms with Crippen LogP contribution in [0.4, 0.5) is 0 Å². The standard InChI is InChI=1S/C12H10S2/c1-2-10(12-6-4-8-14-12)9-11-5-3-7-13-11/h2-9H,1H2/b10-9+. The number of thiophene rings is 2. The molecular weight excluding hydrogens is 208 g/mol. The fourth-order valence-electron chi connectivity index (χ4n) is 1.20. The molecule has 0 atom stereocenters. The van der Waals surface area contributed by atoms with Gasteiger partial charge in [-0.2, -0.15) is 0 Å². The summed E-state index contributed by atoms with van der Waals surface area (Å²) >= 11 is 3.49. The first-order chi connectivity index (χ1) is 6.90. The molecule has 0 saturated carbocycles. The van der Waals surface area contributed by atoms with E-state index < -0.39 is 0 Å². The zero-order valence-corrected chi connectivity index (χ0v) is 9.28. The quantitative estimate of drug-likeness (QED) is 0.664. The lowest BCUT2D eigenvalue weighted by atomic mass is 10.2. The summed E-state index contributed by atoms with van der Waals surface area (Å²) in [5, 5.41) is 4.17. The van der Waals surface area contributed by atoms with E-state index >= 15 is 0 Å². The highest BCUT2D eigenvalue weighted by atomic mass is 32.1. The summed E-state index contributed by atoms with van der Waals surface area (Å²) in [4.78, 5) is 2.54. The van der Waals surface area contributed by atoms with Crippen LogP contribution in [0.1, 0.15) is 9.75 Å². The first-order valence-electron chi connectivity index (χ1n) is 4.31. The molecule has 0 aliphatic rings. The number of allylic oxidation sites excluding steroid dienone is 2. The van der Waals surface area contributed by atoms with E-state index in [9.17, 15) is 0 Å². The summed E-state index contributed by atoms with van der Waals surface area (Å²) < 4.78 is 0. The topological polar surface area (TPSA) is 0 Å². The normalized spacial score (nSPS) is 11.6. The van der Waals surface area contributed by atoms with Gasteiger partial charge in [0, 0.05) is 9.75 Å². The third-order valence-corrected chi connectivity index (χ3v) is 3.60. The van der Waals surface area contributed by atoms with E-state index in [0.29, 0.717) is 0 Å². The van der Waals surface area contributed by atoms with Crippen molar-refractivity contribution in [2.75, 3.05) is 0 Å². The van der Waals surface area contributed by atoms with Gasteiger partial charge in [0.25, 0.3) is 0 Å². The van der Waals surface area contributed by atoms with Gasteiger partial charge in [-0.15, -0.1) is 22.7 Å². The SMILES string of the molecule is C=C/C(=C\c1cccs1)c1cccs1. The summed E-state index contributed by atoms with van der Waals surface area (Å²) in [5.74, 6) is 0. The molecule has 0 aromatic carbocycles. The minimum atomic E-state index is 1.20. The molecule has 0 unspecified atom stereocenters. The van der Waals surface area contributed by atoms with Crippen molar-refractivity contribution in [2.24, 2.45) is 0 Å². The first kappa shape index (κ1) is 9.44. The van der Waals surface area contributed by atoms with Crippen molar-refractivity contribution in [3.05, 3.63) is 57.4 Å². The highest BCUT2D eigenvalue weighted by Gasteiger charge is 1.98. The van der Waals surface area contributed by atoms with Gasteiger partial charge in [0.05, 0.1) is 0 Å². The lowest BCUT2D eigenvalue weighted by Crippen LogP contribution is -1.71. The molecule has 2 aromatic rings. The van der Waals surface area contributed by atoms with Crippen molar-refractivity contribution in [1.29, 1.82) is 0 Å². The Kier molecular flexibility index (Phi) is 2.96. The van der Waals surface area contributed by atoms with Gasteiger partial charge in [-0.25, -0.2) is 0 Å². The van der Waals surface area contributed by atoms with Crippen molar-refractivity contribution >= 4 is 34.3 Å². The first-order valence-corrected chi connectivity index (χ1v) is 6.07. The van der Waals surface area contributed by atoms with E-state index in [2.05, 4.69) is 47.7 Å². The minimum Gasteiger partial charge on any atom is -0.144 e. The molecule has 0 aliphatic carbocycles. The van der Waals surface area contributed by atoms with Crippen molar-refractivity contribution in [1.82, 2.24) is 0 Å². The fourth-order valence-corrected chi connectivity index (χ4v) is 2.61. The third-order valence-electron chi connectivity index (χ3n) is 1.87. The maximum Gasteiger partial charge on any atom is 0.0342 e. The van der Waals surface area contributed by atoms with E-state index in [-0.39, 0.29) is 0 Å². The van der Waals surface area contributed by atoms with Crippen LogP contribution in [0, 0.1) is 0 Å². The molecule has 0 spiro atoms. The number of hydrogen-bond donors (Lipinski definition) is 0. The molecule has 0 fully saturated rings. The Labute approximate surface area is 91.8 Å². The molecule has 2 rings (SSSR count). The molecule has 0 N–H and O–H groups in total. The highest BCUT2D eigenvalue weighted by Crippen LogP contribution is 2.24. The molecule has 0 nitrogen and oxygen atoms in total. The Morgan fingerprint density at radius 3 is 2.50 bits per heavy atom. The maximum atomic E-state index is 3.84. The summed E-state index contributed by atoms with van der Waals surface area (Å²) in [7, 11) is 0. The average Bonchev–Trinajstić information content (AvgIpc) is 2.86. The Balaban J connectivity index is 2.35. The molecule has 70 valence electrons. The van der Waals surface area contributed by atoms with Gasteiger partial charge in [-0.1, -0.05) is 24.8 Å². The molecular formula is C12H10S2. The van der Waals surface area contributed by atoms with Gasteiger partial charge in [-0.3, -0.25) is 0 Å². The van der Waals surface area contributed by atoms with Crippen molar-refractivity contribution < 1.29 is 0 Å². The summed E-state index contributed by atoms with van der Waals surface area (Å²) in [6.45, 7) is 3.84. The molecule has 2 heteroatoms. The summed E-state index contributed by atoms with van der Waals surface area (Å²) in [5.41, 5.74) is 1.20. The van der Waals surface area contributed by atoms with Crippen LogP contribution in [0.5, 0.6) is 0 Å². The molecule has 0 aliphatic heterocycles. The molecule has 0 radical (unpaired) electrons. The Hall–Kier alpha value is -1.12. The summed E-state index contributed by atoms with van der Waals surface area (Å²) in [6.07, 6.45) is 4.08. The van der Waals surface area contributed by atoms with E-state index in [1.807, 2.05) is 6.08 Å². The Bertz CT molecular complexity index is 419. The van der Waals surface area contributed by atoms with Gasteiger partial charge in [0.1, 0.15) is 0 Å². The molecule has 2 aromatic heterocycles. The van der Waals surface area contributed by atoms with Crippen LogP contribution in [0.2, 0.25) is 0 Å². The largest absolute Gasteiger partial charge is 0.144 e. The van der Waals surface area contributed by atoms with Crippen molar-refractivity contribution in [3.8, 4) is 0 Å². The third kappa shape index (κ3) is 2.03. The lowest BCUT2D eigenvalue weighted by Gasteiger charge is -1.95. The smallest absolute Gasteiger partial charge is 0.0342 e. The van der Waals surface area contributed by atoms with Gasteiger partial charge in [0.2, 0.25) is 0 Å². The van der Waals surface area contributed by atoms with Crippen LogP contribution in [-0.2, 0) is 0 Å². The summed E-state index contributed by atoms with van der Waals surface area (Å²) in [6, 6.07) is 8.35. The van der Waals surface area contributed by atoms with Gasteiger partial charge in [0.15, 0.2) is 0 Å². The lowest BCUT2D eigenvalue weighted by molar-refractivity contribution is 1.87. The van der Waals surface area contributed by atoms with Crippen LogP contribution < -0.4 is 0 Å². The number of hydrogen-bond acceptors (Lipinski definition) is 2. The monoisotopic (exact) mass is 218 g/mol. The zero-order valence-electron chi connectivity index (χ0n) is 7.64. The molecule has 2 heterocycles. The van der Waals surface area contributed by atoms with E-state index in [4.69, 9.17) is 0 Å². The minimum absolute atomic E-state index is 1.20. The van der Waals surface area contributed by atoms with Crippen LogP contribution in [0.3, 0.4) is 0 Å². The Morgan fingerprint density at radius 1 is 1.14 bits per heavy atom. The van der Waals surface area contributed by atoms with E-state index in [1.54, 1.807) is 22.7 Å². The van der Waals surface area contributed by atoms with Crippen LogP contribution in [-0.4, -0.2) is 0 Å². The second-order valence-electron chi connectivity index (χ2n) is 2.80. The predicted octanol–water partition coefficient (Wildman–Crippen LogP) is 4.54. The highest BCUT2D eigenvalue weighted by molar-refractivity contribution is 7.12. The zero-order chi connectivity index (χ0) is 9.80. The molecule has 0 saturated heterocycles. The van der Waals surface area contributed by atoms with Crippen molar-refractivity contribution in [3.63, 3.8) is 0 Å². The van der Waals surface area contributed by atoms with Gasteiger partial charge >= 0.3 is 0 Å². The second-order valence-corrected chi connectivity index (χ2v) is 4.72. The van der Waals surface area contributed by atoms with E-state index in [1.165, 1.54) is 15.3 Å². The number of rotatable bonds is 3. The van der Waals surface area contributed by atoms with Gasteiger partial charge in [-0.05, 0) is 34.5 Å². The van der Waals surface area contributed by atoms with Crippen LogP contribution in [0.15, 0.2) is 47.7 Å². The molecule has 14 heavy (non-hydrogen) atoms. The second kappa shape index (κ2) is 4.40. The predicted molar refractivity (Wildman–Crippen MR) is 66.7 cm³/mol. The Morgan fingerprint density at radius 2 is 1.93 bits per heavy atom. The molecule has 0 bridgehead atoms. The van der Waals surface area contributed by atoms with Gasteiger partial charge < -0.3 is 0 Å². The maximum absolute atomic E-state index is 3.84. The van der Waals surface area contributed by atoms with Crippen LogP contribution in [0.25, 0.3) is 11.6 Å². The fraction of sp³-hybridized carbons (Fsp3) is 0. The molecule has 0 amide bonds. The van der Waals surface area contributed by atoms with Crippen LogP contribution >= 0.6 is 22.7 Å².